The van der Waals surface area contributed by atoms with Gasteiger partial charge in [0.25, 0.3) is 5.91 Å². The molecule has 1 fully saturated rings. The van der Waals surface area contributed by atoms with Crippen molar-refractivity contribution in [3.63, 3.8) is 0 Å². The molecule has 0 atom stereocenters. The fraction of sp³-hybridized carbons (Fsp3) is 0.318. The number of fused-ring (bicyclic) bond motifs is 1. The molecule has 152 valence electrons. The number of aryl methyl sites for hydroxylation is 1. The maximum Gasteiger partial charge on any atom is 0.420 e. The minimum Gasteiger partial charge on any atom is -0.460 e. The topological polar surface area (TPSA) is 42.7 Å². The summed E-state index contributed by atoms with van der Waals surface area (Å²) in [5.74, 6) is 0.405. The SMILES string of the molecule is CCc1cc2cc(-c3ccc(C(=O)N4CCOCC4)cc3)cc(C(F)(F)F)c2o1. The van der Waals surface area contributed by atoms with Crippen LogP contribution in [0.4, 0.5) is 13.2 Å². The van der Waals surface area contributed by atoms with Gasteiger partial charge in [-0.15, -0.1) is 0 Å². The van der Waals surface area contributed by atoms with Crippen molar-refractivity contribution in [1.29, 1.82) is 0 Å². The molecular weight excluding hydrogens is 383 g/mol. The Morgan fingerprint density at radius 3 is 2.34 bits per heavy atom. The number of carbonyl (C=O) groups is 1. The molecule has 7 heteroatoms. The van der Waals surface area contributed by atoms with Crippen molar-refractivity contribution in [2.45, 2.75) is 19.5 Å². The highest BCUT2D eigenvalue weighted by Gasteiger charge is 2.35. The molecule has 4 nitrogen and oxygen atoms in total. The van der Waals surface area contributed by atoms with Crippen LogP contribution in [0, 0.1) is 0 Å². The van der Waals surface area contributed by atoms with Crippen molar-refractivity contribution in [3.05, 3.63) is 59.4 Å². The summed E-state index contributed by atoms with van der Waals surface area (Å²) in [7, 11) is 0. The molecule has 0 bridgehead atoms. The van der Waals surface area contributed by atoms with Crippen LogP contribution in [0.15, 0.2) is 46.9 Å². The third kappa shape index (κ3) is 3.87. The van der Waals surface area contributed by atoms with Crippen molar-refractivity contribution in [2.24, 2.45) is 0 Å². The van der Waals surface area contributed by atoms with Gasteiger partial charge < -0.3 is 14.1 Å². The van der Waals surface area contributed by atoms with E-state index in [1.54, 1.807) is 41.3 Å². The Bertz CT molecular complexity index is 1030. The number of hydrogen-bond donors (Lipinski definition) is 0. The van der Waals surface area contributed by atoms with Gasteiger partial charge in [-0.2, -0.15) is 13.2 Å². The fourth-order valence-corrected chi connectivity index (χ4v) is 3.51. The summed E-state index contributed by atoms with van der Waals surface area (Å²) in [4.78, 5) is 14.3. The summed E-state index contributed by atoms with van der Waals surface area (Å²) >= 11 is 0. The first-order valence-corrected chi connectivity index (χ1v) is 9.48. The molecule has 1 amide bonds. The zero-order valence-electron chi connectivity index (χ0n) is 15.9. The van der Waals surface area contributed by atoms with Gasteiger partial charge in [0.2, 0.25) is 0 Å². The first-order chi connectivity index (χ1) is 13.9. The second kappa shape index (κ2) is 7.55. The number of halogens is 3. The van der Waals surface area contributed by atoms with Gasteiger partial charge in [-0.25, -0.2) is 0 Å². The number of nitrogens with zero attached hydrogens (tertiary/aromatic N) is 1. The molecule has 1 aliphatic rings. The van der Waals surface area contributed by atoms with E-state index in [1.165, 1.54) is 0 Å². The lowest BCUT2D eigenvalue weighted by molar-refractivity contribution is -0.136. The van der Waals surface area contributed by atoms with E-state index in [2.05, 4.69) is 0 Å². The molecule has 2 heterocycles. The Kier molecular flexibility index (Phi) is 5.08. The van der Waals surface area contributed by atoms with Gasteiger partial charge in [0, 0.05) is 30.5 Å². The Balaban J connectivity index is 1.70. The lowest BCUT2D eigenvalue weighted by Crippen LogP contribution is -2.40. The quantitative estimate of drug-likeness (QED) is 0.607. The van der Waals surface area contributed by atoms with Crippen molar-refractivity contribution >= 4 is 16.9 Å². The number of morpholine rings is 1. The van der Waals surface area contributed by atoms with E-state index < -0.39 is 11.7 Å². The molecule has 0 N–H and O–H groups in total. The number of carbonyl (C=O) groups excluding carboxylic acids is 1. The molecule has 0 spiro atoms. The highest BCUT2D eigenvalue weighted by atomic mass is 19.4. The lowest BCUT2D eigenvalue weighted by Gasteiger charge is -2.26. The van der Waals surface area contributed by atoms with Gasteiger partial charge in [0.1, 0.15) is 11.3 Å². The van der Waals surface area contributed by atoms with Gasteiger partial charge >= 0.3 is 6.18 Å². The first kappa shape index (κ1) is 19.5. The third-order valence-electron chi connectivity index (χ3n) is 5.08. The molecule has 0 radical (unpaired) electrons. The number of ether oxygens (including phenoxy) is 1. The zero-order chi connectivity index (χ0) is 20.6. The van der Waals surface area contributed by atoms with E-state index in [0.29, 0.717) is 60.6 Å². The number of alkyl halides is 3. The number of hydrogen-bond acceptors (Lipinski definition) is 3. The van der Waals surface area contributed by atoms with Crippen LogP contribution >= 0.6 is 0 Å². The summed E-state index contributed by atoms with van der Waals surface area (Å²) in [6.45, 7) is 3.91. The average molecular weight is 403 g/mol. The maximum atomic E-state index is 13.6. The van der Waals surface area contributed by atoms with Gasteiger partial charge in [-0.1, -0.05) is 19.1 Å². The van der Waals surface area contributed by atoms with E-state index in [0.717, 1.165) is 6.07 Å². The second-order valence-corrected chi connectivity index (χ2v) is 6.99. The summed E-state index contributed by atoms with van der Waals surface area (Å²) < 4.78 is 51.4. The van der Waals surface area contributed by atoms with Gasteiger partial charge in [-0.05, 0) is 41.5 Å². The van der Waals surface area contributed by atoms with Crippen LogP contribution in [0.5, 0.6) is 0 Å². The molecular formula is C22H20F3NO3. The minimum absolute atomic E-state index is 0.103. The molecule has 29 heavy (non-hydrogen) atoms. The van der Waals surface area contributed by atoms with Crippen LogP contribution in [-0.2, 0) is 17.3 Å². The number of amides is 1. The Morgan fingerprint density at radius 2 is 1.72 bits per heavy atom. The number of rotatable bonds is 3. The van der Waals surface area contributed by atoms with Crippen LogP contribution in [0.25, 0.3) is 22.1 Å². The summed E-state index contributed by atoms with van der Waals surface area (Å²) in [5.41, 5.74) is 0.605. The molecule has 1 aromatic heterocycles. The first-order valence-electron chi connectivity index (χ1n) is 9.48. The predicted octanol–water partition coefficient (Wildman–Crippen LogP) is 5.15. The molecule has 0 unspecified atom stereocenters. The minimum atomic E-state index is -4.52. The van der Waals surface area contributed by atoms with Crippen LogP contribution in [-0.4, -0.2) is 37.1 Å². The van der Waals surface area contributed by atoms with Gasteiger partial charge in [-0.3, -0.25) is 4.79 Å². The van der Waals surface area contributed by atoms with Crippen molar-refractivity contribution < 1.29 is 27.1 Å². The second-order valence-electron chi connectivity index (χ2n) is 6.99. The van der Waals surface area contributed by atoms with Gasteiger partial charge in [0.15, 0.2) is 0 Å². The number of benzene rings is 2. The van der Waals surface area contributed by atoms with E-state index in [4.69, 9.17) is 9.15 Å². The predicted molar refractivity (Wildman–Crippen MR) is 103 cm³/mol. The highest BCUT2D eigenvalue weighted by Crippen LogP contribution is 2.39. The van der Waals surface area contributed by atoms with E-state index in [-0.39, 0.29) is 11.5 Å². The van der Waals surface area contributed by atoms with Crippen molar-refractivity contribution in [2.75, 3.05) is 26.3 Å². The van der Waals surface area contributed by atoms with Gasteiger partial charge in [0.05, 0.1) is 18.8 Å². The average Bonchev–Trinajstić information content (AvgIpc) is 3.15. The van der Waals surface area contributed by atoms with Crippen LogP contribution in [0.3, 0.4) is 0 Å². The Labute approximate surface area is 165 Å². The molecule has 1 aliphatic heterocycles. The van der Waals surface area contributed by atoms with Crippen molar-refractivity contribution in [3.8, 4) is 11.1 Å². The van der Waals surface area contributed by atoms with Crippen LogP contribution in [0.1, 0.15) is 28.6 Å². The Hall–Kier alpha value is -2.80. The normalized spacial score (nSPS) is 15.1. The van der Waals surface area contributed by atoms with Crippen molar-refractivity contribution in [1.82, 2.24) is 4.90 Å². The molecule has 1 saturated heterocycles. The standard InChI is InChI=1S/C22H20F3NO3/c1-2-18-12-17-11-16(13-19(20(17)29-18)22(23,24)25)14-3-5-15(6-4-14)21(27)26-7-9-28-10-8-26/h3-6,11-13H,2,7-10H2,1H3. The van der Waals surface area contributed by atoms with E-state index in [1.807, 2.05) is 6.92 Å². The van der Waals surface area contributed by atoms with E-state index >= 15 is 0 Å². The molecule has 0 saturated carbocycles. The van der Waals surface area contributed by atoms with E-state index in [9.17, 15) is 18.0 Å². The third-order valence-corrected chi connectivity index (χ3v) is 5.08. The molecule has 2 aromatic carbocycles. The summed E-state index contributed by atoms with van der Waals surface area (Å²) in [6.07, 6.45) is -4.01. The Morgan fingerprint density at radius 1 is 1.03 bits per heavy atom. The monoisotopic (exact) mass is 403 g/mol. The molecule has 0 aliphatic carbocycles. The number of furan rings is 1. The molecule has 4 rings (SSSR count). The molecule has 3 aromatic rings. The van der Waals surface area contributed by atoms with Crippen LogP contribution in [0.2, 0.25) is 0 Å². The lowest BCUT2D eigenvalue weighted by atomic mass is 9.99. The largest absolute Gasteiger partial charge is 0.460 e. The highest BCUT2D eigenvalue weighted by molar-refractivity contribution is 5.95. The zero-order valence-corrected chi connectivity index (χ0v) is 15.9. The summed E-state index contributed by atoms with van der Waals surface area (Å²) in [5, 5.41) is 0.417. The van der Waals surface area contributed by atoms with Crippen LogP contribution < -0.4 is 0 Å². The summed E-state index contributed by atoms with van der Waals surface area (Å²) in [6, 6.07) is 11.1. The maximum absolute atomic E-state index is 13.6. The smallest absolute Gasteiger partial charge is 0.420 e. The fourth-order valence-electron chi connectivity index (χ4n) is 3.51.